The second kappa shape index (κ2) is 20.6. The van der Waals surface area contributed by atoms with Crippen LogP contribution >= 0.6 is 0 Å². The number of nitrogens with zero attached hydrogens (tertiary/aromatic N) is 1. The van der Waals surface area contributed by atoms with E-state index < -0.39 is 61.1 Å². The first-order valence-corrected chi connectivity index (χ1v) is 18.9. The molecule has 3 heterocycles. The predicted molar refractivity (Wildman–Crippen MR) is 193 cm³/mol. The summed E-state index contributed by atoms with van der Waals surface area (Å²) in [6.45, 7) is 13.6. The number of carbonyl (C=O) groups excluding carboxylic acids is 2. The lowest BCUT2D eigenvalue weighted by molar-refractivity contribution is -0.276. The number of methoxy groups -OCH3 is 2. The molecule has 3 aliphatic rings. The molecule has 0 aromatic heterocycles. The third kappa shape index (κ3) is 12.1. The van der Waals surface area contributed by atoms with Gasteiger partial charge in [-0.25, -0.2) is 0 Å². The molecule has 3 aliphatic heterocycles. The summed E-state index contributed by atoms with van der Waals surface area (Å²) in [4.78, 5) is 29.0. The first-order valence-electron chi connectivity index (χ1n) is 18.9. The molecule has 0 spiro atoms. The van der Waals surface area contributed by atoms with Crippen LogP contribution in [0, 0.1) is 23.7 Å². The van der Waals surface area contributed by atoms with Crippen LogP contribution in [0.4, 0.5) is 0 Å². The molecule has 12 heteroatoms. The number of ketones is 1. The minimum atomic E-state index is -1.08. The Hall–Kier alpha value is -1.74. The highest BCUT2D eigenvalue weighted by atomic mass is 16.7. The number of likely N-dealkylation sites (N-methyl/N-ethyl adjacent to an activating group) is 1. The van der Waals surface area contributed by atoms with Gasteiger partial charge in [-0.15, -0.1) is 0 Å². The van der Waals surface area contributed by atoms with E-state index in [4.69, 9.17) is 33.2 Å². The normalized spacial score (nSPS) is 42.6. The fourth-order valence-corrected chi connectivity index (χ4v) is 7.70. The van der Waals surface area contributed by atoms with Gasteiger partial charge in [-0.3, -0.25) is 9.59 Å². The molecule has 0 saturated carbocycles. The number of hydrogen-bond acceptors (Lipinski definition) is 12. The molecule has 2 N–H and O–H groups in total. The third-order valence-electron chi connectivity index (χ3n) is 11.0. The van der Waals surface area contributed by atoms with Crippen molar-refractivity contribution < 1.29 is 53.0 Å². The van der Waals surface area contributed by atoms with Crippen LogP contribution in [0.25, 0.3) is 0 Å². The van der Waals surface area contributed by atoms with Crippen molar-refractivity contribution in [2.24, 2.45) is 23.7 Å². The molecular weight excluding hydrogens is 658 g/mol. The first-order chi connectivity index (χ1) is 24.1. The van der Waals surface area contributed by atoms with Crippen LogP contribution < -0.4 is 0 Å². The van der Waals surface area contributed by atoms with E-state index in [1.807, 2.05) is 73.5 Å². The van der Waals surface area contributed by atoms with Gasteiger partial charge >= 0.3 is 5.97 Å². The monoisotopic (exact) mass is 725 g/mol. The molecule has 0 bridgehead atoms. The van der Waals surface area contributed by atoms with Crippen molar-refractivity contribution in [1.29, 1.82) is 0 Å². The summed E-state index contributed by atoms with van der Waals surface area (Å²) in [6, 6.07) is -0.181. The van der Waals surface area contributed by atoms with Gasteiger partial charge in [-0.05, 0) is 59.7 Å². The van der Waals surface area contributed by atoms with Gasteiger partial charge in [0.15, 0.2) is 18.4 Å². The largest absolute Gasteiger partial charge is 0.462 e. The Bertz CT molecular complexity index is 1150. The van der Waals surface area contributed by atoms with Crippen LogP contribution in [0.3, 0.4) is 0 Å². The van der Waals surface area contributed by atoms with Gasteiger partial charge in [0, 0.05) is 50.9 Å². The van der Waals surface area contributed by atoms with Crippen molar-refractivity contribution >= 4 is 11.8 Å². The molecule has 15 atom stereocenters. The average molecular weight is 726 g/mol. The molecule has 15 unspecified atom stereocenters. The van der Waals surface area contributed by atoms with Crippen LogP contribution in [0.2, 0.25) is 0 Å². The predicted octanol–water partition coefficient (Wildman–Crippen LogP) is 4.44. The lowest BCUT2D eigenvalue weighted by Crippen LogP contribution is -2.54. The van der Waals surface area contributed by atoms with Crippen molar-refractivity contribution in [3.63, 3.8) is 0 Å². The number of hydrogen-bond donors (Lipinski definition) is 2. The summed E-state index contributed by atoms with van der Waals surface area (Å²) in [5, 5.41) is 22.3. The Labute approximate surface area is 306 Å². The first kappa shape index (κ1) is 43.7. The molecule has 2 saturated heterocycles. The smallest absolute Gasteiger partial charge is 0.308 e. The fourth-order valence-electron chi connectivity index (χ4n) is 7.70. The summed E-state index contributed by atoms with van der Waals surface area (Å²) in [6.07, 6.45) is 2.53. The van der Waals surface area contributed by atoms with Gasteiger partial charge in [-0.2, -0.15) is 0 Å². The molecule has 12 nitrogen and oxygen atoms in total. The second-order valence-corrected chi connectivity index (χ2v) is 15.2. The topological polar surface area (TPSA) is 142 Å². The summed E-state index contributed by atoms with van der Waals surface area (Å²) in [7, 11) is 7.07. The summed E-state index contributed by atoms with van der Waals surface area (Å²) < 4.78 is 42.7. The van der Waals surface area contributed by atoms with Crippen LogP contribution in [0.15, 0.2) is 23.8 Å². The van der Waals surface area contributed by atoms with Gasteiger partial charge in [0.05, 0.1) is 49.7 Å². The molecule has 0 amide bonds. The Morgan fingerprint density at radius 1 is 0.922 bits per heavy atom. The molecular formula is C39H67NO11. The van der Waals surface area contributed by atoms with E-state index in [1.54, 1.807) is 26.4 Å². The lowest BCUT2D eigenvalue weighted by Gasteiger charge is -2.44. The molecule has 0 aromatic carbocycles. The number of esters is 1. The van der Waals surface area contributed by atoms with E-state index in [9.17, 15) is 19.8 Å². The zero-order valence-electron chi connectivity index (χ0n) is 32.9. The van der Waals surface area contributed by atoms with Crippen LogP contribution in [0.5, 0.6) is 0 Å². The molecule has 0 aliphatic carbocycles. The van der Waals surface area contributed by atoms with Crippen molar-refractivity contribution in [2.45, 2.75) is 154 Å². The number of rotatable bonds is 10. The fraction of sp³-hybridized carbons (Fsp3) is 0.846. The van der Waals surface area contributed by atoms with Gasteiger partial charge in [-0.1, -0.05) is 51.8 Å². The molecule has 0 aromatic rings. The summed E-state index contributed by atoms with van der Waals surface area (Å²) in [5.41, 5.74) is 0.824. The highest BCUT2D eigenvalue weighted by Crippen LogP contribution is 2.34. The minimum Gasteiger partial charge on any atom is -0.462 e. The van der Waals surface area contributed by atoms with Crippen LogP contribution in [0.1, 0.15) is 87.0 Å². The maximum absolute atomic E-state index is 13.5. The highest BCUT2D eigenvalue weighted by Gasteiger charge is 2.42. The van der Waals surface area contributed by atoms with Crippen LogP contribution in [-0.4, -0.2) is 129 Å². The number of ether oxygens (including phenoxy) is 7. The van der Waals surface area contributed by atoms with Gasteiger partial charge in [0.1, 0.15) is 12.2 Å². The van der Waals surface area contributed by atoms with Gasteiger partial charge in [0.2, 0.25) is 0 Å². The number of aliphatic hydroxyl groups is 2. The third-order valence-corrected chi connectivity index (χ3v) is 11.0. The number of aliphatic hydroxyl groups excluding tert-OH is 2. The number of carbonyl (C=O) groups is 2. The Morgan fingerprint density at radius 3 is 2.24 bits per heavy atom. The molecule has 51 heavy (non-hydrogen) atoms. The molecule has 0 radical (unpaired) electrons. The van der Waals surface area contributed by atoms with E-state index in [2.05, 4.69) is 0 Å². The quantitative estimate of drug-likeness (QED) is 0.308. The van der Waals surface area contributed by atoms with Crippen molar-refractivity contribution in [3.05, 3.63) is 23.8 Å². The SMILES string of the molecule is CCC1CC(C)C(=O)/C=C/C(C)=C/C(COC2OC(C)CC(OC)C2OC)C(CC)OC(=O)CC(O)C(C)C1OC1CC(N(C)C)C(O)C(C)O1. The highest BCUT2D eigenvalue weighted by molar-refractivity contribution is 5.91. The molecule has 2 fully saturated rings. The van der Waals surface area contributed by atoms with Crippen molar-refractivity contribution in [2.75, 3.05) is 34.9 Å². The minimum absolute atomic E-state index is 0.0111. The lowest BCUT2D eigenvalue weighted by atomic mass is 9.80. The van der Waals surface area contributed by atoms with Gasteiger partial charge < -0.3 is 48.3 Å². The molecule has 3 rings (SSSR count). The van der Waals surface area contributed by atoms with Crippen molar-refractivity contribution in [3.8, 4) is 0 Å². The van der Waals surface area contributed by atoms with Crippen LogP contribution in [-0.2, 0) is 42.7 Å². The maximum atomic E-state index is 13.5. The van der Waals surface area contributed by atoms with Crippen molar-refractivity contribution in [1.82, 2.24) is 4.90 Å². The zero-order valence-corrected chi connectivity index (χ0v) is 32.9. The Morgan fingerprint density at radius 2 is 1.63 bits per heavy atom. The Balaban J connectivity index is 1.91. The van der Waals surface area contributed by atoms with E-state index >= 15 is 0 Å². The zero-order chi connectivity index (χ0) is 38.0. The van der Waals surface area contributed by atoms with E-state index in [0.29, 0.717) is 32.1 Å². The molecule has 294 valence electrons. The maximum Gasteiger partial charge on any atom is 0.308 e. The number of cyclic esters (lactones) is 1. The average Bonchev–Trinajstić information content (AvgIpc) is 3.09. The van der Waals surface area contributed by atoms with E-state index in [0.717, 1.165) is 5.57 Å². The standard InChI is InChI=1S/C39H67NO11/c1-12-27-17-23(4)30(41)15-14-22(3)16-28(21-47-39-38(46-11)33(45-10)18-24(5)48-39)32(13-2)50-34(43)20-31(42)25(6)37(27)51-35-19-29(40(8)9)36(44)26(7)49-35/h14-16,23-29,31-33,35-39,42,44H,12-13,17-21H2,1-11H3/b15-14+,22-16+. The van der Waals surface area contributed by atoms with E-state index in [-0.39, 0.29) is 54.8 Å². The summed E-state index contributed by atoms with van der Waals surface area (Å²) >= 11 is 0. The van der Waals surface area contributed by atoms with E-state index in [1.165, 1.54) is 0 Å². The summed E-state index contributed by atoms with van der Waals surface area (Å²) in [5.74, 6) is -1.85. The number of allylic oxidation sites excluding steroid dienone is 3. The van der Waals surface area contributed by atoms with Gasteiger partial charge in [0.25, 0.3) is 0 Å². The second-order valence-electron chi connectivity index (χ2n) is 15.2. The Kier molecular flexibility index (Phi) is 17.7.